The summed E-state index contributed by atoms with van der Waals surface area (Å²) in [4.78, 5) is 4.43. The third-order valence-corrected chi connectivity index (χ3v) is 6.18. The van der Waals surface area contributed by atoms with E-state index in [9.17, 15) is 0 Å². The highest BCUT2D eigenvalue weighted by Gasteiger charge is 2.18. The molecule has 6 rings (SSSR count). The number of rotatable bonds is 2. The summed E-state index contributed by atoms with van der Waals surface area (Å²) < 4.78 is 8.73. The average molecular weight is 392 g/mol. The highest BCUT2D eigenvalue weighted by atomic mass is 15.4. The van der Waals surface area contributed by atoms with Crippen molar-refractivity contribution >= 4 is 32.8 Å². The molecule has 30 heavy (non-hydrogen) atoms. The molecule has 0 N–H and O–H groups in total. The molecule has 0 spiro atoms. The summed E-state index contributed by atoms with van der Waals surface area (Å²) >= 11 is 0. The molecule has 0 unspecified atom stereocenters. The number of para-hydroxylation sites is 1. The lowest BCUT2D eigenvalue weighted by molar-refractivity contribution is -0.720. The summed E-state index contributed by atoms with van der Waals surface area (Å²) in [5, 5.41) is 2.48. The van der Waals surface area contributed by atoms with Crippen LogP contribution in [0.15, 0.2) is 79.3 Å². The van der Waals surface area contributed by atoms with Crippen molar-refractivity contribution in [2.24, 2.45) is 21.1 Å². The van der Waals surface area contributed by atoms with E-state index in [1.807, 2.05) is 13.4 Å². The second kappa shape index (κ2) is 6.07. The number of benzene rings is 3. The first-order valence-electron chi connectivity index (χ1n) is 10.1. The van der Waals surface area contributed by atoms with E-state index >= 15 is 0 Å². The fourth-order valence-corrected chi connectivity index (χ4v) is 4.50. The van der Waals surface area contributed by atoms with Crippen LogP contribution in [0.2, 0.25) is 0 Å². The molecule has 3 aromatic heterocycles. The van der Waals surface area contributed by atoms with E-state index in [0.717, 1.165) is 16.7 Å². The van der Waals surface area contributed by atoms with Crippen LogP contribution in [0.1, 0.15) is 0 Å². The largest absolute Gasteiger partial charge is 0.344 e. The first kappa shape index (κ1) is 17.0. The van der Waals surface area contributed by atoms with Gasteiger partial charge in [-0.3, -0.25) is 0 Å². The van der Waals surface area contributed by atoms with Crippen LogP contribution in [0.25, 0.3) is 49.8 Å². The molecule has 0 atom stereocenters. The molecular formula is C25H22N5+. The second-order valence-electron chi connectivity index (χ2n) is 7.95. The van der Waals surface area contributed by atoms with E-state index in [0.29, 0.717) is 0 Å². The Morgan fingerprint density at radius 1 is 0.833 bits per heavy atom. The van der Waals surface area contributed by atoms with E-state index in [4.69, 9.17) is 0 Å². The Balaban J connectivity index is 1.52. The van der Waals surface area contributed by atoms with Crippen molar-refractivity contribution in [3.05, 3.63) is 79.3 Å². The Morgan fingerprint density at radius 3 is 2.57 bits per heavy atom. The number of imidazole rings is 1. The van der Waals surface area contributed by atoms with Gasteiger partial charge in [0.1, 0.15) is 5.69 Å². The minimum Gasteiger partial charge on any atom is -0.344 e. The van der Waals surface area contributed by atoms with Gasteiger partial charge in [0.15, 0.2) is 7.05 Å². The molecule has 0 aliphatic carbocycles. The SMILES string of the molecule is Cn1cnc2ccc(-n3cc4ccc(-c5cc6ccccc6n5C)cc4[n+]3C)cc21. The van der Waals surface area contributed by atoms with Crippen LogP contribution in [0.3, 0.4) is 0 Å². The smallest absolute Gasteiger partial charge is 0.239 e. The molecule has 0 aliphatic heterocycles. The molecule has 0 aliphatic rings. The zero-order chi connectivity index (χ0) is 20.4. The van der Waals surface area contributed by atoms with E-state index in [-0.39, 0.29) is 0 Å². The Bertz CT molecular complexity index is 1580. The maximum Gasteiger partial charge on any atom is 0.239 e. The molecule has 0 saturated heterocycles. The molecule has 3 aromatic carbocycles. The predicted molar refractivity (Wildman–Crippen MR) is 121 cm³/mol. The monoisotopic (exact) mass is 392 g/mol. The number of hydrogen-bond donors (Lipinski definition) is 0. The first-order chi connectivity index (χ1) is 14.6. The lowest BCUT2D eigenvalue weighted by Crippen LogP contribution is -2.37. The summed E-state index contributed by atoms with van der Waals surface area (Å²) in [6.07, 6.45) is 4.05. The number of nitrogens with zero attached hydrogens (tertiary/aromatic N) is 5. The third-order valence-electron chi connectivity index (χ3n) is 6.18. The van der Waals surface area contributed by atoms with Crippen LogP contribution >= 0.6 is 0 Å². The number of aromatic nitrogens is 5. The lowest BCUT2D eigenvalue weighted by atomic mass is 10.1. The fourth-order valence-electron chi connectivity index (χ4n) is 4.50. The van der Waals surface area contributed by atoms with Crippen LogP contribution in [-0.4, -0.2) is 18.8 Å². The van der Waals surface area contributed by atoms with Gasteiger partial charge in [-0.1, -0.05) is 24.3 Å². The minimum atomic E-state index is 1.01. The molecule has 0 radical (unpaired) electrons. The normalized spacial score (nSPS) is 11.8. The van der Waals surface area contributed by atoms with Crippen molar-refractivity contribution in [3.63, 3.8) is 0 Å². The van der Waals surface area contributed by atoms with E-state index in [1.165, 1.54) is 33.1 Å². The lowest BCUT2D eigenvalue weighted by Gasteiger charge is -2.04. The van der Waals surface area contributed by atoms with E-state index < -0.39 is 0 Å². The third kappa shape index (κ3) is 2.35. The molecule has 0 saturated carbocycles. The van der Waals surface area contributed by atoms with Gasteiger partial charge in [0.05, 0.1) is 28.9 Å². The maximum absolute atomic E-state index is 4.43. The van der Waals surface area contributed by atoms with Crippen molar-refractivity contribution in [2.45, 2.75) is 0 Å². The van der Waals surface area contributed by atoms with Gasteiger partial charge in [0.2, 0.25) is 5.52 Å². The number of hydrogen-bond acceptors (Lipinski definition) is 1. The molecule has 5 heteroatoms. The zero-order valence-corrected chi connectivity index (χ0v) is 17.2. The molecule has 0 fully saturated rings. The van der Waals surface area contributed by atoms with Crippen molar-refractivity contribution in [1.82, 2.24) is 18.8 Å². The topological polar surface area (TPSA) is 31.6 Å². The van der Waals surface area contributed by atoms with Crippen molar-refractivity contribution in [3.8, 4) is 16.9 Å². The summed E-state index contributed by atoms with van der Waals surface area (Å²) in [7, 11) is 6.28. The highest BCUT2D eigenvalue weighted by molar-refractivity contribution is 5.89. The Morgan fingerprint density at radius 2 is 1.70 bits per heavy atom. The molecule has 3 heterocycles. The van der Waals surface area contributed by atoms with Gasteiger partial charge in [-0.05, 0) is 36.4 Å². The van der Waals surface area contributed by atoms with Crippen LogP contribution in [0, 0.1) is 0 Å². The standard InChI is InChI=1S/C25H22N5/c1-27-16-26-21-11-10-20(14-25(21)27)30-15-19-9-8-18(13-24(19)29(30)3)23-12-17-6-4-5-7-22(17)28(23)2/h4-16H,1-3H3/q+1. The van der Waals surface area contributed by atoms with Crippen molar-refractivity contribution in [1.29, 1.82) is 0 Å². The molecule has 6 aromatic rings. The van der Waals surface area contributed by atoms with Crippen LogP contribution in [0.4, 0.5) is 0 Å². The van der Waals surface area contributed by atoms with Gasteiger partial charge in [-0.15, -0.1) is 9.36 Å². The average Bonchev–Trinajstić information content (AvgIpc) is 3.42. The Hall–Kier alpha value is -3.86. The number of fused-ring (bicyclic) bond motifs is 3. The molecule has 0 amide bonds. The Kier molecular flexibility index (Phi) is 3.45. The first-order valence-corrected chi connectivity index (χ1v) is 10.1. The second-order valence-corrected chi connectivity index (χ2v) is 7.95. The van der Waals surface area contributed by atoms with Gasteiger partial charge in [-0.2, -0.15) is 0 Å². The van der Waals surface area contributed by atoms with Crippen LogP contribution in [-0.2, 0) is 21.1 Å². The summed E-state index contributed by atoms with van der Waals surface area (Å²) in [6.45, 7) is 0. The molecule has 5 nitrogen and oxygen atoms in total. The summed E-state index contributed by atoms with van der Waals surface area (Å²) in [5.41, 5.74) is 8.15. The van der Waals surface area contributed by atoms with Gasteiger partial charge >= 0.3 is 0 Å². The van der Waals surface area contributed by atoms with Gasteiger partial charge in [0.25, 0.3) is 0 Å². The molecule has 0 bridgehead atoms. The van der Waals surface area contributed by atoms with Gasteiger partial charge < -0.3 is 9.13 Å². The summed E-state index contributed by atoms with van der Waals surface area (Å²) in [5.74, 6) is 0. The quantitative estimate of drug-likeness (QED) is 0.399. The number of aryl methyl sites for hydroxylation is 3. The highest BCUT2D eigenvalue weighted by Crippen LogP contribution is 2.29. The van der Waals surface area contributed by atoms with Gasteiger partial charge in [0, 0.05) is 42.3 Å². The van der Waals surface area contributed by atoms with E-state index in [1.54, 1.807) is 0 Å². The Labute approximate surface area is 174 Å². The van der Waals surface area contributed by atoms with Crippen LogP contribution in [0.5, 0.6) is 0 Å². The van der Waals surface area contributed by atoms with E-state index in [2.05, 4.69) is 111 Å². The van der Waals surface area contributed by atoms with Gasteiger partial charge in [-0.25, -0.2) is 4.98 Å². The maximum atomic E-state index is 4.43. The van der Waals surface area contributed by atoms with Crippen molar-refractivity contribution in [2.75, 3.05) is 0 Å². The zero-order valence-electron chi connectivity index (χ0n) is 17.2. The molecular weight excluding hydrogens is 370 g/mol. The molecule has 146 valence electrons. The van der Waals surface area contributed by atoms with Crippen molar-refractivity contribution < 1.29 is 4.68 Å². The predicted octanol–water partition coefficient (Wildman–Crippen LogP) is 4.50. The fraction of sp³-hybridized carbons (Fsp3) is 0.120. The summed E-state index contributed by atoms with van der Waals surface area (Å²) in [6, 6.07) is 23.9. The minimum absolute atomic E-state index is 1.01. The van der Waals surface area contributed by atoms with Crippen LogP contribution < -0.4 is 4.68 Å².